The average molecular weight is 347 g/mol. The minimum Gasteiger partial charge on any atom is -0.488 e. The molecule has 0 unspecified atom stereocenters. The lowest BCUT2D eigenvalue weighted by Gasteiger charge is -2.10. The largest absolute Gasteiger partial charge is 0.488 e. The first-order valence-corrected chi connectivity index (χ1v) is 7.06. The number of carboxylic acid groups (broad SMARTS) is 1. The highest BCUT2D eigenvalue weighted by Gasteiger charge is 2.15. The zero-order valence-electron chi connectivity index (χ0n) is 10.9. The van der Waals surface area contributed by atoms with E-state index in [0.29, 0.717) is 11.3 Å². The molecule has 3 rings (SSSR count). The molecule has 0 atom stereocenters. The van der Waals surface area contributed by atoms with Crippen LogP contribution in [0.1, 0.15) is 16.1 Å². The van der Waals surface area contributed by atoms with Gasteiger partial charge in [0.2, 0.25) is 5.76 Å². The monoisotopic (exact) mass is 346 g/mol. The number of hydrogen-bond acceptors (Lipinski definition) is 3. The number of carboxylic acids is 1. The molecule has 0 fully saturated rings. The van der Waals surface area contributed by atoms with Crippen LogP contribution in [0, 0.1) is 0 Å². The van der Waals surface area contributed by atoms with Crippen molar-refractivity contribution in [3.05, 3.63) is 64.5 Å². The van der Waals surface area contributed by atoms with Crippen molar-refractivity contribution in [2.45, 2.75) is 6.61 Å². The van der Waals surface area contributed by atoms with E-state index in [0.717, 1.165) is 15.2 Å². The fraction of sp³-hybridized carbons (Fsp3) is 0.0625. The van der Waals surface area contributed by atoms with Gasteiger partial charge in [-0.15, -0.1) is 0 Å². The van der Waals surface area contributed by atoms with Crippen molar-refractivity contribution in [3.8, 4) is 5.75 Å². The van der Waals surface area contributed by atoms with Crippen LogP contribution in [-0.2, 0) is 6.61 Å². The molecule has 3 aromatic rings. The third kappa shape index (κ3) is 2.64. The van der Waals surface area contributed by atoms with Crippen LogP contribution in [0.4, 0.5) is 0 Å². The molecule has 0 aliphatic heterocycles. The van der Waals surface area contributed by atoms with Gasteiger partial charge in [-0.2, -0.15) is 0 Å². The van der Waals surface area contributed by atoms with Crippen LogP contribution in [-0.4, -0.2) is 11.1 Å². The van der Waals surface area contributed by atoms with Gasteiger partial charge >= 0.3 is 5.97 Å². The van der Waals surface area contributed by atoms with Gasteiger partial charge in [-0.3, -0.25) is 0 Å². The number of aromatic carboxylic acids is 1. The quantitative estimate of drug-likeness (QED) is 0.756. The molecular weight excluding hydrogens is 336 g/mol. The maximum atomic E-state index is 11.0. The summed E-state index contributed by atoms with van der Waals surface area (Å²) in [4.78, 5) is 11.0. The topological polar surface area (TPSA) is 59.7 Å². The third-order valence-corrected chi connectivity index (χ3v) is 3.97. The highest BCUT2D eigenvalue weighted by atomic mass is 79.9. The number of carbonyl (C=O) groups is 1. The Bertz CT molecular complexity index is 807. The summed E-state index contributed by atoms with van der Waals surface area (Å²) in [5, 5.41) is 11.1. The Labute approximate surface area is 129 Å². The molecular formula is C16H11BrO4. The van der Waals surface area contributed by atoms with Crippen molar-refractivity contribution in [2.24, 2.45) is 0 Å². The van der Waals surface area contributed by atoms with Gasteiger partial charge in [-0.25, -0.2) is 4.79 Å². The van der Waals surface area contributed by atoms with E-state index in [1.54, 1.807) is 6.07 Å². The number of halogens is 1. The molecule has 0 aliphatic carbocycles. The number of fused-ring (bicyclic) bond motifs is 1. The van der Waals surface area contributed by atoms with Gasteiger partial charge in [-0.05, 0) is 38.8 Å². The summed E-state index contributed by atoms with van der Waals surface area (Å²) in [6, 6.07) is 13.3. The number of rotatable bonds is 4. The summed E-state index contributed by atoms with van der Waals surface area (Å²) < 4.78 is 11.5. The summed E-state index contributed by atoms with van der Waals surface area (Å²) >= 11 is 3.53. The molecule has 0 spiro atoms. The van der Waals surface area contributed by atoms with Crippen LogP contribution in [0.15, 0.2) is 57.6 Å². The Hall–Kier alpha value is -2.27. The van der Waals surface area contributed by atoms with Crippen LogP contribution >= 0.6 is 15.9 Å². The second-order valence-electron chi connectivity index (χ2n) is 4.47. The molecule has 0 amide bonds. The smallest absolute Gasteiger partial charge is 0.372 e. The SMILES string of the molecule is O=C(O)c1occc1COc1ccc2ccccc2c1Br. The van der Waals surface area contributed by atoms with E-state index in [9.17, 15) is 4.79 Å². The summed E-state index contributed by atoms with van der Waals surface area (Å²) in [5.74, 6) is -0.533. The highest BCUT2D eigenvalue weighted by molar-refractivity contribution is 9.10. The van der Waals surface area contributed by atoms with Crippen LogP contribution in [0.3, 0.4) is 0 Å². The van der Waals surface area contributed by atoms with E-state index in [1.165, 1.54) is 6.26 Å². The second kappa shape index (κ2) is 5.61. The summed E-state index contributed by atoms with van der Waals surface area (Å²) in [6.45, 7) is 0.134. The Balaban J connectivity index is 1.87. The molecule has 0 aliphatic rings. The van der Waals surface area contributed by atoms with Gasteiger partial charge in [0, 0.05) is 5.56 Å². The van der Waals surface area contributed by atoms with Crippen molar-refractivity contribution >= 4 is 32.7 Å². The van der Waals surface area contributed by atoms with Crippen LogP contribution < -0.4 is 4.74 Å². The first-order chi connectivity index (χ1) is 10.2. The number of hydrogen-bond donors (Lipinski definition) is 1. The lowest BCUT2D eigenvalue weighted by Crippen LogP contribution is -2.02. The van der Waals surface area contributed by atoms with Crippen molar-refractivity contribution in [3.63, 3.8) is 0 Å². The minimum absolute atomic E-state index is 0.0908. The van der Waals surface area contributed by atoms with Gasteiger partial charge in [0.15, 0.2) is 0 Å². The highest BCUT2D eigenvalue weighted by Crippen LogP contribution is 2.33. The van der Waals surface area contributed by atoms with E-state index in [2.05, 4.69) is 15.9 Å². The summed E-state index contributed by atoms with van der Waals surface area (Å²) in [6.07, 6.45) is 1.34. The fourth-order valence-electron chi connectivity index (χ4n) is 2.12. The molecule has 4 nitrogen and oxygen atoms in total. The van der Waals surface area contributed by atoms with E-state index in [1.807, 2.05) is 36.4 Å². The number of furan rings is 1. The van der Waals surface area contributed by atoms with Crippen molar-refractivity contribution in [1.29, 1.82) is 0 Å². The Kier molecular flexibility index (Phi) is 3.66. The first-order valence-electron chi connectivity index (χ1n) is 6.26. The molecule has 0 saturated carbocycles. The molecule has 1 N–H and O–H groups in total. The van der Waals surface area contributed by atoms with Crippen molar-refractivity contribution in [2.75, 3.05) is 0 Å². The zero-order chi connectivity index (χ0) is 14.8. The van der Waals surface area contributed by atoms with Crippen LogP contribution in [0.2, 0.25) is 0 Å². The molecule has 21 heavy (non-hydrogen) atoms. The average Bonchev–Trinajstić information content (AvgIpc) is 2.95. The molecule has 1 aromatic heterocycles. The first kappa shape index (κ1) is 13.7. The Morgan fingerprint density at radius 3 is 2.81 bits per heavy atom. The number of ether oxygens (including phenoxy) is 1. The molecule has 1 heterocycles. The maximum Gasteiger partial charge on any atom is 0.372 e. The molecule has 0 bridgehead atoms. The lowest BCUT2D eigenvalue weighted by molar-refractivity contribution is 0.0658. The normalized spacial score (nSPS) is 10.7. The fourth-order valence-corrected chi connectivity index (χ4v) is 2.73. The zero-order valence-corrected chi connectivity index (χ0v) is 12.5. The predicted octanol–water partition coefficient (Wildman–Crippen LogP) is 4.47. The van der Waals surface area contributed by atoms with Crippen molar-refractivity contribution in [1.82, 2.24) is 0 Å². The van der Waals surface area contributed by atoms with Crippen LogP contribution in [0.25, 0.3) is 10.8 Å². The van der Waals surface area contributed by atoms with E-state index in [-0.39, 0.29) is 12.4 Å². The van der Waals surface area contributed by atoms with Gasteiger partial charge in [0.25, 0.3) is 0 Å². The third-order valence-electron chi connectivity index (χ3n) is 3.15. The predicted molar refractivity (Wildman–Crippen MR) is 81.6 cm³/mol. The molecule has 0 saturated heterocycles. The van der Waals surface area contributed by atoms with Gasteiger partial charge < -0.3 is 14.3 Å². The Morgan fingerprint density at radius 2 is 2.00 bits per heavy atom. The molecule has 2 aromatic carbocycles. The van der Waals surface area contributed by atoms with E-state index in [4.69, 9.17) is 14.3 Å². The van der Waals surface area contributed by atoms with Gasteiger partial charge in [0.05, 0.1) is 10.7 Å². The minimum atomic E-state index is -1.10. The maximum absolute atomic E-state index is 11.0. The lowest BCUT2D eigenvalue weighted by atomic mass is 10.1. The molecule has 5 heteroatoms. The standard InChI is InChI=1S/C16H11BrO4/c17-14-12-4-2-1-3-10(12)5-6-13(14)21-9-11-7-8-20-15(11)16(18)19/h1-8H,9H2,(H,18,19). The summed E-state index contributed by atoms with van der Waals surface area (Å²) in [5.41, 5.74) is 0.502. The van der Waals surface area contributed by atoms with Crippen LogP contribution in [0.5, 0.6) is 5.75 Å². The summed E-state index contributed by atoms with van der Waals surface area (Å²) in [7, 11) is 0. The second-order valence-corrected chi connectivity index (χ2v) is 5.26. The van der Waals surface area contributed by atoms with E-state index < -0.39 is 5.97 Å². The number of benzene rings is 2. The van der Waals surface area contributed by atoms with Gasteiger partial charge in [-0.1, -0.05) is 30.3 Å². The van der Waals surface area contributed by atoms with E-state index >= 15 is 0 Å². The molecule has 0 radical (unpaired) electrons. The molecule has 106 valence electrons. The van der Waals surface area contributed by atoms with Gasteiger partial charge in [0.1, 0.15) is 12.4 Å². The Morgan fingerprint density at radius 1 is 1.19 bits per heavy atom. The van der Waals surface area contributed by atoms with Crippen molar-refractivity contribution < 1.29 is 19.1 Å².